The molecular formula is C26H32N2O5S. The number of phenolic OH excluding ortho intramolecular Hbond substituents is 1. The first-order valence-electron chi connectivity index (χ1n) is 11.1. The van der Waals surface area contributed by atoms with Crippen LogP contribution >= 0.6 is 0 Å². The number of aliphatic hydroxyl groups is 1. The number of nitrogens with one attached hydrogen (secondary N) is 2. The van der Waals surface area contributed by atoms with Crippen LogP contribution in [0.3, 0.4) is 0 Å². The molecule has 0 spiro atoms. The lowest BCUT2D eigenvalue weighted by atomic mass is 9.98. The van der Waals surface area contributed by atoms with Crippen molar-refractivity contribution in [1.29, 1.82) is 0 Å². The minimum absolute atomic E-state index is 0.00670. The molecule has 0 aliphatic carbocycles. The second kappa shape index (κ2) is 11.9. The normalized spacial score (nSPS) is 13.3. The Morgan fingerprint density at radius 1 is 0.971 bits per heavy atom. The van der Waals surface area contributed by atoms with Crippen LogP contribution in [0.1, 0.15) is 29.2 Å². The van der Waals surface area contributed by atoms with Crippen molar-refractivity contribution in [2.45, 2.75) is 31.4 Å². The molecule has 0 bridgehead atoms. The van der Waals surface area contributed by atoms with Gasteiger partial charge >= 0.3 is 0 Å². The van der Waals surface area contributed by atoms with E-state index in [1.54, 1.807) is 13.2 Å². The van der Waals surface area contributed by atoms with Gasteiger partial charge in [0.05, 0.1) is 25.2 Å². The Bertz CT molecular complexity index is 1170. The molecule has 0 fully saturated rings. The van der Waals surface area contributed by atoms with Gasteiger partial charge in [0.1, 0.15) is 11.5 Å². The minimum atomic E-state index is -3.53. The number of aryl methyl sites for hydroxylation is 1. The first-order valence-corrected chi connectivity index (χ1v) is 13.0. The van der Waals surface area contributed by atoms with E-state index in [1.807, 2.05) is 42.5 Å². The minimum Gasteiger partial charge on any atom is -0.506 e. The number of hydrogen-bond acceptors (Lipinski definition) is 6. The summed E-state index contributed by atoms with van der Waals surface area (Å²) in [4.78, 5) is 0. The van der Waals surface area contributed by atoms with Crippen molar-refractivity contribution in [3.8, 4) is 11.5 Å². The van der Waals surface area contributed by atoms with Gasteiger partial charge in [-0.15, -0.1) is 0 Å². The van der Waals surface area contributed by atoms with Crippen molar-refractivity contribution in [3.63, 3.8) is 0 Å². The molecule has 0 amide bonds. The third kappa shape index (κ3) is 8.06. The Kier molecular flexibility index (Phi) is 8.92. The molecule has 0 saturated carbocycles. The largest absolute Gasteiger partial charge is 0.506 e. The van der Waals surface area contributed by atoms with Crippen LogP contribution in [0, 0.1) is 0 Å². The average molecular weight is 485 g/mol. The molecule has 2 atom stereocenters. The lowest BCUT2D eigenvalue weighted by Crippen LogP contribution is -2.32. The highest BCUT2D eigenvalue weighted by Gasteiger charge is 2.16. The quantitative estimate of drug-likeness (QED) is 0.292. The number of benzene rings is 3. The molecule has 34 heavy (non-hydrogen) atoms. The van der Waals surface area contributed by atoms with Crippen LogP contribution in [0.25, 0.3) is 0 Å². The van der Waals surface area contributed by atoms with E-state index >= 15 is 0 Å². The van der Waals surface area contributed by atoms with Crippen molar-refractivity contribution in [1.82, 2.24) is 5.32 Å². The van der Waals surface area contributed by atoms with Gasteiger partial charge in [-0.1, -0.05) is 48.5 Å². The number of phenols is 1. The van der Waals surface area contributed by atoms with Gasteiger partial charge in [-0.25, -0.2) is 8.42 Å². The summed E-state index contributed by atoms with van der Waals surface area (Å²) in [5, 5.41) is 24.1. The van der Waals surface area contributed by atoms with Gasteiger partial charge in [0.2, 0.25) is 10.0 Å². The van der Waals surface area contributed by atoms with Gasteiger partial charge in [0, 0.05) is 12.6 Å². The summed E-state index contributed by atoms with van der Waals surface area (Å²) in [6, 6.07) is 22.8. The van der Waals surface area contributed by atoms with Crippen LogP contribution in [-0.4, -0.2) is 44.6 Å². The van der Waals surface area contributed by atoms with E-state index < -0.39 is 16.1 Å². The Morgan fingerprint density at radius 2 is 1.74 bits per heavy atom. The van der Waals surface area contributed by atoms with E-state index in [0.29, 0.717) is 18.5 Å². The standard InChI is InChI=1S/C26H32N2O5S/c1-33-23-10-6-9-21(17-23)24(13-11-19-7-4-3-5-8-19)27-18-22(29)15-20-12-14-26(30)25(16-20)28-34(2,31)32/h3-10,12,14,16-17,22,24,27-30H,11,13,15,18H2,1-2H3/t22-,24+/m1/s1. The number of anilines is 1. The Hall–Kier alpha value is -3.07. The average Bonchev–Trinajstić information content (AvgIpc) is 2.81. The molecule has 7 nitrogen and oxygen atoms in total. The summed E-state index contributed by atoms with van der Waals surface area (Å²) in [6.45, 7) is 0.340. The zero-order chi connectivity index (χ0) is 24.6. The molecular weight excluding hydrogens is 452 g/mol. The Balaban J connectivity index is 1.67. The fourth-order valence-corrected chi connectivity index (χ4v) is 4.38. The second-order valence-electron chi connectivity index (χ2n) is 8.35. The lowest BCUT2D eigenvalue weighted by Gasteiger charge is -2.22. The third-order valence-electron chi connectivity index (χ3n) is 5.49. The van der Waals surface area contributed by atoms with Gasteiger partial charge in [-0.05, 0) is 60.2 Å². The molecule has 8 heteroatoms. The number of rotatable bonds is 12. The maximum atomic E-state index is 11.5. The van der Waals surface area contributed by atoms with E-state index in [0.717, 1.165) is 30.4 Å². The van der Waals surface area contributed by atoms with E-state index in [4.69, 9.17) is 4.74 Å². The topological polar surface area (TPSA) is 108 Å². The smallest absolute Gasteiger partial charge is 0.229 e. The molecule has 0 aromatic heterocycles. The third-order valence-corrected chi connectivity index (χ3v) is 6.08. The Morgan fingerprint density at radius 3 is 2.44 bits per heavy atom. The van der Waals surface area contributed by atoms with Gasteiger partial charge in [0.15, 0.2) is 0 Å². The number of hydrogen-bond donors (Lipinski definition) is 4. The number of aliphatic hydroxyl groups excluding tert-OH is 1. The number of ether oxygens (including phenoxy) is 1. The van der Waals surface area contributed by atoms with Crippen LogP contribution in [0.2, 0.25) is 0 Å². The fourth-order valence-electron chi connectivity index (χ4n) is 3.81. The summed E-state index contributed by atoms with van der Waals surface area (Å²) in [5.41, 5.74) is 3.12. The summed E-state index contributed by atoms with van der Waals surface area (Å²) in [7, 11) is -1.89. The van der Waals surface area contributed by atoms with Crippen LogP contribution in [0.5, 0.6) is 11.5 Å². The molecule has 0 aliphatic rings. The van der Waals surface area contributed by atoms with E-state index in [1.165, 1.54) is 17.7 Å². The highest BCUT2D eigenvalue weighted by Crippen LogP contribution is 2.26. The second-order valence-corrected chi connectivity index (χ2v) is 10.1. The highest BCUT2D eigenvalue weighted by atomic mass is 32.2. The SMILES string of the molecule is COc1cccc([C@H](CCc2ccccc2)NC[C@H](O)Cc2ccc(O)c(NS(C)(=O)=O)c2)c1. The van der Waals surface area contributed by atoms with E-state index in [-0.39, 0.29) is 17.5 Å². The molecule has 0 heterocycles. The van der Waals surface area contributed by atoms with Gasteiger partial charge in [-0.2, -0.15) is 0 Å². The molecule has 4 N–H and O–H groups in total. The lowest BCUT2D eigenvalue weighted by molar-refractivity contribution is 0.166. The van der Waals surface area contributed by atoms with E-state index in [2.05, 4.69) is 22.2 Å². The molecule has 182 valence electrons. The maximum Gasteiger partial charge on any atom is 0.229 e. The molecule has 0 aliphatic heterocycles. The van der Waals surface area contributed by atoms with Gasteiger partial charge in [0.25, 0.3) is 0 Å². The predicted octanol–water partition coefficient (Wildman–Crippen LogP) is 3.64. The first-order chi connectivity index (χ1) is 16.2. The summed E-state index contributed by atoms with van der Waals surface area (Å²) < 4.78 is 30.7. The highest BCUT2D eigenvalue weighted by molar-refractivity contribution is 7.92. The zero-order valence-electron chi connectivity index (χ0n) is 19.4. The predicted molar refractivity (Wildman–Crippen MR) is 135 cm³/mol. The molecule has 3 rings (SSSR count). The number of aromatic hydroxyl groups is 1. The summed E-state index contributed by atoms with van der Waals surface area (Å²) in [5.74, 6) is 0.611. The van der Waals surface area contributed by atoms with Crippen molar-refractivity contribution in [3.05, 3.63) is 89.5 Å². The Labute approximate surface area is 201 Å². The fraction of sp³-hybridized carbons (Fsp3) is 0.308. The number of sulfonamides is 1. The number of methoxy groups -OCH3 is 1. The zero-order valence-corrected chi connectivity index (χ0v) is 20.3. The van der Waals surface area contributed by atoms with Crippen LogP contribution in [0.4, 0.5) is 5.69 Å². The van der Waals surface area contributed by atoms with Crippen LogP contribution in [0.15, 0.2) is 72.8 Å². The first kappa shape index (κ1) is 25.6. The molecule has 0 unspecified atom stereocenters. The van der Waals surface area contributed by atoms with Gasteiger partial charge in [-0.3, -0.25) is 4.72 Å². The van der Waals surface area contributed by atoms with E-state index in [9.17, 15) is 18.6 Å². The monoisotopic (exact) mass is 484 g/mol. The van der Waals surface area contributed by atoms with Crippen molar-refractivity contribution >= 4 is 15.7 Å². The summed E-state index contributed by atoms with van der Waals surface area (Å²) >= 11 is 0. The van der Waals surface area contributed by atoms with Crippen LogP contribution in [-0.2, 0) is 22.9 Å². The molecule has 3 aromatic rings. The van der Waals surface area contributed by atoms with Crippen molar-refractivity contribution in [2.24, 2.45) is 0 Å². The summed E-state index contributed by atoms with van der Waals surface area (Å²) in [6.07, 6.45) is 2.33. The van der Waals surface area contributed by atoms with Crippen LogP contribution < -0.4 is 14.8 Å². The molecule has 0 saturated heterocycles. The van der Waals surface area contributed by atoms with Gasteiger partial charge < -0.3 is 20.3 Å². The molecule has 0 radical (unpaired) electrons. The molecule has 3 aromatic carbocycles. The van der Waals surface area contributed by atoms with Crippen molar-refractivity contribution in [2.75, 3.05) is 24.6 Å². The van der Waals surface area contributed by atoms with Crippen molar-refractivity contribution < 1.29 is 23.4 Å². The maximum absolute atomic E-state index is 11.5.